The van der Waals surface area contributed by atoms with Gasteiger partial charge >= 0.3 is 0 Å². The van der Waals surface area contributed by atoms with Crippen molar-refractivity contribution in [2.75, 3.05) is 0 Å². The van der Waals surface area contributed by atoms with Crippen molar-refractivity contribution in [1.29, 1.82) is 0 Å². The highest BCUT2D eigenvalue weighted by Crippen LogP contribution is 2.02. The van der Waals surface area contributed by atoms with Gasteiger partial charge < -0.3 is 10.4 Å². The molecule has 0 aliphatic heterocycles. The summed E-state index contributed by atoms with van der Waals surface area (Å²) in [5.74, 6) is -0.936. The van der Waals surface area contributed by atoms with Gasteiger partial charge in [0.2, 0.25) is 5.95 Å². The van der Waals surface area contributed by atoms with Crippen molar-refractivity contribution in [1.82, 2.24) is 10.3 Å². The minimum atomic E-state index is -0.617. The Morgan fingerprint density at radius 3 is 2.75 bits per heavy atom. The number of hydrogen-bond donors (Lipinski definition) is 2. The fourth-order valence-electron chi connectivity index (χ4n) is 1.39. The number of aliphatic hydroxyl groups excluding tert-OH is 1. The van der Waals surface area contributed by atoms with Gasteiger partial charge in [-0.25, -0.2) is 4.98 Å². The number of nitrogens with one attached hydrogen (secondary N) is 1. The minimum absolute atomic E-state index is 0.141. The van der Waals surface area contributed by atoms with Crippen molar-refractivity contribution < 1.29 is 14.3 Å². The van der Waals surface area contributed by atoms with Crippen LogP contribution in [-0.4, -0.2) is 28.1 Å². The zero-order valence-electron chi connectivity index (χ0n) is 9.27. The molecule has 0 bridgehead atoms. The molecular formula is C11H15FN2O2. The summed E-state index contributed by atoms with van der Waals surface area (Å²) in [6.45, 7) is 3.45. The van der Waals surface area contributed by atoms with Crippen molar-refractivity contribution in [3.8, 4) is 0 Å². The third-order valence-corrected chi connectivity index (χ3v) is 2.06. The van der Waals surface area contributed by atoms with Crippen molar-refractivity contribution >= 4 is 5.91 Å². The summed E-state index contributed by atoms with van der Waals surface area (Å²) in [7, 11) is 0. The Morgan fingerprint density at radius 1 is 1.56 bits per heavy atom. The highest BCUT2D eigenvalue weighted by atomic mass is 19.1. The van der Waals surface area contributed by atoms with Gasteiger partial charge in [-0.1, -0.05) is 0 Å². The quantitative estimate of drug-likeness (QED) is 0.756. The van der Waals surface area contributed by atoms with Crippen molar-refractivity contribution in [2.45, 2.75) is 32.4 Å². The number of rotatable bonds is 4. The summed E-state index contributed by atoms with van der Waals surface area (Å²) in [6, 6.07) is 2.36. The lowest BCUT2D eigenvalue weighted by Crippen LogP contribution is -2.34. The highest BCUT2D eigenvalue weighted by Gasteiger charge is 2.11. The van der Waals surface area contributed by atoms with Gasteiger partial charge in [0.15, 0.2) is 0 Å². The number of carbonyl (C=O) groups is 1. The first kappa shape index (κ1) is 12.6. The molecule has 1 aromatic heterocycles. The SMILES string of the molecule is CC(O)CC(C)NC(=O)c1ccc(F)nc1. The maximum atomic E-state index is 12.5. The molecule has 1 amide bonds. The molecule has 0 saturated heterocycles. The molecule has 0 aliphatic carbocycles. The predicted octanol–water partition coefficient (Wildman–Crippen LogP) is 1.11. The summed E-state index contributed by atoms with van der Waals surface area (Å²) in [5.41, 5.74) is 0.304. The second kappa shape index (κ2) is 5.55. The molecule has 1 heterocycles. The van der Waals surface area contributed by atoms with E-state index in [1.165, 1.54) is 12.3 Å². The first-order valence-electron chi connectivity index (χ1n) is 5.09. The van der Waals surface area contributed by atoms with Crippen LogP contribution in [0.5, 0.6) is 0 Å². The minimum Gasteiger partial charge on any atom is -0.393 e. The maximum absolute atomic E-state index is 12.5. The van der Waals surface area contributed by atoms with Crippen LogP contribution in [0.3, 0.4) is 0 Å². The van der Waals surface area contributed by atoms with E-state index in [9.17, 15) is 9.18 Å². The summed E-state index contributed by atoms with van der Waals surface area (Å²) >= 11 is 0. The van der Waals surface area contributed by atoms with E-state index in [-0.39, 0.29) is 11.9 Å². The Hall–Kier alpha value is -1.49. The number of amides is 1. The Bertz CT molecular complexity index is 352. The highest BCUT2D eigenvalue weighted by molar-refractivity contribution is 5.93. The molecule has 0 fully saturated rings. The Morgan fingerprint density at radius 2 is 2.25 bits per heavy atom. The standard InChI is InChI=1S/C11H15FN2O2/c1-7(5-8(2)15)14-11(16)9-3-4-10(12)13-6-9/h3-4,6-8,15H,5H2,1-2H3,(H,14,16). The van der Waals surface area contributed by atoms with Gasteiger partial charge in [0, 0.05) is 12.2 Å². The second-order valence-electron chi connectivity index (χ2n) is 3.83. The monoisotopic (exact) mass is 226 g/mol. The molecule has 16 heavy (non-hydrogen) atoms. The zero-order valence-corrected chi connectivity index (χ0v) is 9.27. The van der Waals surface area contributed by atoms with Crippen LogP contribution >= 0.6 is 0 Å². The molecule has 0 aromatic carbocycles. The smallest absolute Gasteiger partial charge is 0.253 e. The van der Waals surface area contributed by atoms with Crippen LogP contribution in [0.15, 0.2) is 18.3 Å². The van der Waals surface area contributed by atoms with E-state index < -0.39 is 12.1 Å². The normalized spacial score (nSPS) is 14.2. The predicted molar refractivity (Wildman–Crippen MR) is 57.4 cm³/mol. The van der Waals surface area contributed by atoms with Crippen LogP contribution in [0, 0.1) is 5.95 Å². The molecule has 1 aromatic rings. The van der Waals surface area contributed by atoms with Gasteiger partial charge in [-0.3, -0.25) is 4.79 Å². The number of aromatic nitrogens is 1. The number of carbonyl (C=O) groups excluding carboxylic acids is 1. The van der Waals surface area contributed by atoms with E-state index in [0.29, 0.717) is 12.0 Å². The molecule has 2 atom stereocenters. The van der Waals surface area contributed by atoms with Gasteiger partial charge in [-0.05, 0) is 32.4 Å². The lowest BCUT2D eigenvalue weighted by molar-refractivity contribution is 0.0922. The summed E-state index contributed by atoms with van der Waals surface area (Å²) in [6.07, 6.45) is 1.18. The fraction of sp³-hybridized carbons (Fsp3) is 0.455. The van der Waals surface area contributed by atoms with Crippen LogP contribution in [0.4, 0.5) is 4.39 Å². The Labute approximate surface area is 93.5 Å². The van der Waals surface area contributed by atoms with E-state index in [2.05, 4.69) is 10.3 Å². The van der Waals surface area contributed by atoms with Gasteiger partial charge in [-0.2, -0.15) is 4.39 Å². The Kier molecular flexibility index (Phi) is 4.37. The Balaban J connectivity index is 2.55. The first-order chi connectivity index (χ1) is 7.49. The van der Waals surface area contributed by atoms with E-state index in [4.69, 9.17) is 5.11 Å². The van der Waals surface area contributed by atoms with Crippen LogP contribution < -0.4 is 5.32 Å². The van der Waals surface area contributed by atoms with Gasteiger partial charge in [-0.15, -0.1) is 0 Å². The second-order valence-corrected chi connectivity index (χ2v) is 3.83. The van der Waals surface area contributed by atoms with Crippen LogP contribution in [0.1, 0.15) is 30.6 Å². The summed E-state index contributed by atoms with van der Waals surface area (Å²) in [5, 5.41) is 11.8. The molecule has 88 valence electrons. The van der Waals surface area contributed by atoms with Crippen LogP contribution in [-0.2, 0) is 0 Å². The molecule has 2 unspecified atom stereocenters. The molecule has 0 radical (unpaired) electrons. The maximum Gasteiger partial charge on any atom is 0.253 e. The molecule has 0 spiro atoms. The van der Waals surface area contributed by atoms with Crippen LogP contribution in [0.2, 0.25) is 0 Å². The summed E-state index contributed by atoms with van der Waals surface area (Å²) in [4.78, 5) is 15.0. The van der Waals surface area contributed by atoms with Crippen LogP contribution in [0.25, 0.3) is 0 Å². The first-order valence-corrected chi connectivity index (χ1v) is 5.09. The molecule has 4 nitrogen and oxygen atoms in total. The third kappa shape index (κ3) is 3.94. The van der Waals surface area contributed by atoms with Crippen molar-refractivity contribution in [2.24, 2.45) is 0 Å². The topological polar surface area (TPSA) is 62.2 Å². The largest absolute Gasteiger partial charge is 0.393 e. The molecule has 0 aliphatic rings. The molecular weight excluding hydrogens is 211 g/mol. The molecule has 0 saturated carbocycles. The van der Waals surface area contributed by atoms with Gasteiger partial charge in [0.1, 0.15) is 0 Å². The van der Waals surface area contributed by atoms with E-state index in [1.807, 2.05) is 0 Å². The number of halogens is 1. The average molecular weight is 226 g/mol. The number of aliphatic hydroxyl groups is 1. The molecule has 5 heteroatoms. The lowest BCUT2D eigenvalue weighted by atomic mass is 10.1. The summed E-state index contributed by atoms with van der Waals surface area (Å²) < 4.78 is 12.5. The molecule has 2 N–H and O–H groups in total. The lowest BCUT2D eigenvalue weighted by Gasteiger charge is -2.15. The number of hydrogen-bond acceptors (Lipinski definition) is 3. The van der Waals surface area contributed by atoms with E-state index in [1.54, 1.807) is 13.8 Å². The van der Waals surface area contributed by atoms with Crippen molar-refractivity contribution in [3.63, 3.8) is 0 Å². The molecule has 1 rings (SSSR count). The van der Waals surface area contributed by atoms with Gasteiger partial charge in [0.05, 0.1) is 11.7 Å². The van der Waals surface area contributed by atoms with E-state index >= 15 is 0 Å². The van der Waals surface area contributed by atoms with Gasteiger partial charge in [0.25, 0.3) is 5.91 Å². The van der Waals surface area contributed by atoms with Crippen molar-refractivity contribution in [3.05, 3.63) is 29.8 Å². The number of nitrogens with zero attached hydrogens (tertiary/aromatic N) is 1. The fourth-order valence-corrected chi connectivity index (χ4v) is 1.39. The zero-order chi connectivity index (χ0) is 12.1. The number of pyridine rings is 1. The van der Waals surface area contributed by atoms with E-state index in [0.717, 1.165) is 6.07 Å². The third-order valence-electron chi connectivity index (χ3n) is 2.06. The average Bonchev–Trinajstić information content (AvgIpc) is 2.16.